The van der Waals surface area contributed by atoms with Crippen molar-refractivity contribution in [3.63, 3.8) is 0 Å². The Labute approximate surface area is 82.7 Å². The van der Waals surface area contributed by atoms with Crippen LogP contribution in [0.5, 0.6) is 0 Å². The van der Waals surface area contributed by atoms with E-state index in [1.807, 2.05) is 6.92 Å². The van der Waals surface area contributed by atoms with Crippen molar-refractivity contribution in [1.29, 1.82) is 0 Å². The lowest BCUT2D eigenvalue weighted by Gasteiger charge is -2.04. The highest BCUT2D eigenvalue weighted by atomic mass is 35.5. The molecule has 0 radical (unpaired) electrons. The van der Waals surface area contributed by atoms with Gasteiger partial charge in [-0.3, -0.25) is 4.79 Å². The van der Waals surface area contributed by atoms with Gasteiger partial charge in [0, 0.05) is 17.0 Å². The number of benzene rings is 1. The predicted octanol–water partition coefficient (Wildman–Crippen LogP) is 2.18. The van der Waals surface area contributed by atoms with Crippen molar-refractivity contribution in [3.8, 4) is 0 Å². The number of Topliss-reactive ketones (excluding diaryl/α,β-unsaturated/α-hetero) is 1. The minimum atomic E-state index is 0.0579. The largest absolute Gasteiger partial charge is 0.330 e. The molecule has 70 valence electrons. The molecule has 0 aliphatic heterocycles. The first kappa shape index (κ1) is 10.2. The molecule has 3 heteroatoms. The zero-order valence-electron chi connectivity index (χ0n) is 7.51. The Morgan fingerprint density at radius 2 is 2.23 bits per heavy atom. The number of nitrogens with two attached hydrogens (primary N) is 1. The highest BCUT2D eigenvalue weighted by Gasteiger charge is 2.09. The molecule has 0 saturated heterocycles. The molecule has 1 aromatic carbocycles. The van der Waals surface area contributed by atoms with Crippen molar-refractivity contribution in [2.45, 2.75) is 13.3 Å². The molecule has 2 nitrogen and oxygen atoms in total. The average Bonchev–Trinajstić information content (AvgIpc) is 2.10. The fourth-order valence-corrected chi connectivity index (χ4v) is 1.35. The Kier molecular flexibility index (Phi) is 3.46. The van der Waals surface area contributed by atoms with Crippen LogP contribution in [-0.2, 0) is 0 Å². The van der Waals surface area contributed by atoms with Gasteiger partial charge in [0.05, 0.1) is 0 Å². The van der Waals surface area contributed by atoms with Crippen LogP contribution in [0, 0.1) is 6.92 Å². The summed E-state index contributed by atoms with van der Waals surface area (Å²) < 4.78 is 0. The van der Waals surface area contributed by atoms with Crippen LogP contribution in [-0.4, -0.2) is 12.3 Å². The summed E-state index contributed by atoms with van der Waals surface area (Å²) in [5.41, 5.74) is 6.82. The van der Waals surface area contributed by atoms with E-state index in [0.29, 0.717) is 23.6 Å². The van der Waals surface area contributed by atoms with Crippen LogP contribution in [0.2, 0.25) is 5.02 Å². The molecule has 1 rings (SSSR count). The number of carbonyl (C=O) groups is 1. The van der Waals surface area contributed by atoms with Crippen LogP contribution in [0.4, 0.5) is 0 Å². The molecule has 13 heavy (non-hydrogen) atoms. The van der Waals surface area contributed by atoms with E-state index < -0.39 is 0 Å². The van der Waals surface area contributed by atoms with E-state index in [-0.39, 0.29) is 5.78 Å². The third kappa shape index (κ3) is 2.29. The maximum atomic E-state index is 11.5. The third-order valence-electron chi connectivity index (χ3n) is 1.94. The van der Waals surface area contributed by atoms with Gasteiger partial charge in [0.1, 0.15) is 0 Å². The Balaban J connectivity index is 3.01. The van der Waals surface area contributed by atoms with E-state index in [1.165, 1.54) is 0 Å². The van der Waals surface area contributed by atoms with Gasteiger partial charge in [0.2, 0.25) is 0 Å². The summed E-state index contributed by atoms with van der Waals surface area (Å²) in [5, 5.41) is 0.628. The van der Waals surface area contributed by atoms with Crippen molar-refractivity contribution in [1.82, 2.24) is 0 Å². The highest BCUT2D eigenvalue weighted by molar-refractivity contribution is 6.31. The van der Waals surface area contributed by atoms with Gasteiger partial charge in [-0.05, 0) is 25.1 Å². The van der Waals surface area contributed by atoms with E-state index in [2.05, 4.69) is 0 Å². The number of carbonyl (C=O) groups excluding carboxylic acids is 1. The van der Waals surface area contributed by atoms with Crippen molar-refractivity contribution < 1.29 is 4.79 Å². The van der Waals surface area contributed by atoms with Crippen molar-refractivity contribution in [2.24, 2.45) is 5.73 Å². The Hall–Kier alpha value is -0.860. The summed E-state index contributed by atoms with van der Waals surface area (Å²) in [6.07, 6.45) is 0.376. The number of hydrogen-bond acceptors (Lipinski definition) is 2. The molecule has 0 fully saturated rings. The van der Waals surface area contributed by atoms with Gasteiger partial charge in [-0.25, -0.2) is 0 Å². The average molecular weight is 198 g/mol. The normalized spacial score (nSPS) is 10.1. The Morgan fingerprint density at radius 1 is 1.54 bits per heavy atom. The number of halogens is 1. The summed E-state index contributed by atoms with van der Waals surface area (Å²) in [4.78, 5) is 11.5. The highest BCUT2D eigenvalue weighted by Crippen LogP contribution is 2.19. The van der Waals surface area contributed by atoms with Crippen molar-refractivity contribution in [3.05, 3.63) is 34.3 Å². The lowest BCUT2D eigenvalue weighted by Crippen LogP contribution is -2.09. The van der Waals surface area contributed by atoms with Gasteiger partial charge in [-0.1, -0.05) is 23.7 Å². The Bertz CT molecular complexity index is 323. The molecule has 0 bridgehead atoms. The lowest BCUT2D eigenvalue weighted by atomic mass is 10.0. The second-order valence-electron chi connectivity index (χ2n) is 2.87. The molecular formula is C10H12ClNO. The van der Waals surface area contributed by atoms with Crippen molar-refractivity contribution in [2.75, 3.05) is 6.54 Å². The lowest BCUT2D eigenvalue weighted by molar-refractivity contribution is 0.0985. The van der Waals surface area contributed by atoms with Gasteiger partial charge in [-0.15, -0.1) is 0 Å². The van der Waals surface area contributed by atoms with E-state index in [0.717, 1.165) is 5.56 Å². The molecule has 0 atom stereocenters. The van der Waals surface area contributed by atoms with E-state index in [4.69, 9.17) is 17.3 Å². The van der Waals surface area contributed by atoms with E-state index in [1.54, 1.807) is 18.2 Å². The van der Waals surface area contributed by atoms with Gasteiger partial charge >= 0.3 is 0 Å². The summed E-state index contributed by atoms with van der Waals surface area (Å²) >= 11 is 5.87. The summed E-state index contributed by atoms with van der Waals surface area (Å²) in [5.74, 6) is 0.0579. The number of hydrogen-bond donors (Lipinski definition) is 1. The fourth-order valence-electron chi connectivity index (χ4n) is 1.18. The molecule has 0 aliphatic carbocycles. The quantitative estimate of drug-likeness (QED) is 0.755. The number of ketones is 1. The molecule has 2 N–H and O–H groups in total. The maximum Gasteiger partial charge on any atom is 0.164 e. The van der Waals surface area contributed by atoms with Crippen LogP contribution >= 0.6 is 11.6 Å². The summed E-state index contributed by atoms with van der Waals surface area (Å²) in [6, 6.07) is 5.33. The molecule has 0 amide bonds. The first-order valence-corrected chi connectivity index (χ1v) is 4.53. The van der Waals surface area contributed by atoms with Gasteiger partial charge in [-0.2, -0.15) is 0 Å². The molecule has 0 unspecified atom stereocenters. The van der Waals surface area contributed by atoms with Gasteiger partial charge in [0.15, 0.2) is 5.78 Å². The monoisotopic (exact) mass is 197 g/mol. The van der Waals surface area contributed by atoms with Crippen molar-refractivity contribution >= 4 is 17.4 Å². The van der Waals surface area contributed by atoms with Crippen LogP contribution < -0.4 is 5.73 Å². The van der Waals surface area contributed by atoms with Crippen LogP contribution in [0.15, 0.2) is 18.2 Å². The van der Waals surface area contributed by atoms with Crippen LogP contribution in [0.1, 0.15) is 22.3 Å². The van der Waals surface area contributed by atoms with Crippen LogP contribution in [0.25, 0.3) is 0 Å². The smallest absolute Gasteiger partial charge is 0.164 e. The predicted molar refractivity (Wildman–Crippen MR) is 54.2 cm³/mol. The van der Waals surface area contributed by atoms with Gasteiger partial charge < -0.3 is 5.73 Å². The molecule has 0 spiro atoms. The molecule has 1 aromatic rings. The number of rotatable bonds is 3. The first-order chi connectivity index (χ1) is 6.16. The zero-order chi connectivity index (χ0) is 9.84. The maximum absolute atomic E-state index is 11.5. The minimum absolute atomic E-state index is 0.0579. The molecular weight excluding hydrogens is 186 g/mol. The standard InChI is InChI=1S/C10H12ClNO/c1-7-8(10(13)5-6-12)3-2-4-9(7)11/h2-4H,5-6,12H2,1H3. The summed E-state index contributed by atoms with van der Waals surface area (Å²) in [6.45, 7) is 2.22. The van der Waals surface area contributed by atoms with Gasteiger partial charge in [0.25, 0.3) is 0 Å². The second kappa shape index (κ2) is 4.40. The molecule has 0 heterocycles. The van der Waals surface area contributed by atoms with E-state index >= 15 is 0 Å². The minimum Gasteiger partial charge on any atom is -0.330 e. The van der Waals surface area contributed by atoms with Crippen LogP contribution in [0.3, 0.4) is 0 Å². The van der Waals surface area contributed by atoms with E-state index in [9.17, 15) is 4.79 Å². The summed E-state index contributed by atoms with van der Waals surface area (Å²) in [7, 11) is 0. The zero-order valence-corrected chi connectivity index (χ0v) is 8.27. The first-order valence-electron chi connectivity index (χ1n) is 4.15. The SMILES string of the molecule is Cc1c(Cl)cccc1C(=O)CCN. The topological polar surface area (TPSA) is 43.1 Å². The third-order valence-corrected chi connectivity index (χ3v) is 2.35. The fraction of sp³-hybridized carbons (Fsp3) is 0.300. The molecule has 0 aliphatic rings. The molecule has 0 aromatic heterocycles. The second-order valence-corrected chi connectivity index (χ2v) is 3.28. The Morgan fingerprint density at radius 3 is 2.85 bits per heavy atom. The molecule has 0 saturated carbocycles.